The van der Waals surface area contributed by atoms with Crippen molar-refractivity contribution in [1.82, 2.24) is 0 Å². The van der Waals surface area contributed by atoms with E-state index in [0.717, 1.165) is 34.1 Å². The number of benzene rings is 10. The molecule has 0 saturated heterocycles. The molecule has 0 amide bonds. The molecule has 10 aromatic carbocycles. The molecule has 0 saturated carbocycles. The summed E-state index contributed by atoms with van der Waals surface area (Å²) in [6.07, 6.45) is 0. The van der Waals surface area contributed by atoms with Crippen molar-refractivity contribution in [2.75, 3.05) is 9.80 Å². The molecule has 0 N–H and O–H groups in total. The van der Waals surface area contributed by atoms with Crippen LogP contribution in [-0.4, -0.2) is 0 Å². The molecule has 0 heterocycles. The third-order valence-corrected chi connectivity index (χ3v) is 12.0. The van der Waals surface area contributed by atoms with Crippen LogP contribution < -0.4 is 9.80 Å². The van der Waals surface area contributed by atoms with Gasteiger partial charge in [0, 0.05) is 32.9 Å². The van der Waals surface area contributed by atoms with Crippen molar-refractivity contribution in [3.05, 3.63) is 205 Å². The van der Waals surface area contributed by atoms with Gasteiger partial charge in [-0.2, -0.15) is 0 Å². The number of hydrogen-bond donors (Lipinski definition) is 0. The number of nitrogens with zero attached hydrogens (tertiary/aromatic N) is 2. The highest BCUT2D eigenvalue weighted by molar-refractivity contribution is 6.25. The van der Waals surface area contributed by atoms with E-state index in [4.69, 9.17) is 0 Å². The number of hydrogen-bond acceptors (Lipinski definition) is 2. The minimum Gasteiger partial charge on any atom is -0.309 e. The average molecular weight is 747 g/mol. The largest absolute Gasteiger partial charge is 0.309 e. The molecule has 2 heteroatoms. The molecule has 0 aliphatic carbocycles. The van der Waals surface area contributed by atoms with Crippen LogP contribution in [0, 0.1) is 0 Å². The lowest BCUT2D eigenvalue weighted by molar-refractivity contribution is 0.866. The van der Waals surface area contributed by atoms with Gasteiger partial charge in [0.2, 0.25) is 0 Å². The van der Waals surface area contributed by atoms with Gasteiger partial charge in [-0.1, -0.05) is 173 Å². The van der Waals surface area contributed by atoms with Gasteiger partial charge in [-0.15, -0.1) is 0 Å². The quantitative estimate of drug-likeness (QED) is 0.143. The third kappa shape index (κ3) is 6.04. The molecule has 0 aromatic heterocycles. The summed E-state index contributed by atoms with van der Waals surface area (Å²) in [6.45, 7) is 9.04. The second kappa shape index (κ2) is 14.6. The molecule has 0 spiro atoms. The summed E-state index contributed by atoms with van der Waals surface area (Å²) in [7, 11) is 0. The highest BCUT2D eigenvalue weighted by Gasteiger charge is 2.24. The standard InChI is InChI=1S/C56H46N2/c1-37(2)39-27-31-43(32-28-39)57(53-25-13-17-41-15-5-7-19-45(41)53)55-35-51-48-22-10-12-24-50(48)56(36-52(51)47-21-9-11-23-49(47)55)58(44-33-29-40(30-34-44)38(3)4)54-26-14-18-42-16-6-8-20-46(42)54/h5-38H,1-4H3. The minimum atomic E-state index is 0.448. The second-order valence-electron chi connectivity index (χ2n) is 16.1. The van der Waals surface area contributed by atoms with E-state index in [-0.39, 0.29) is 0 Å². The first-order chi connectivity index (χ1) is 28.4. The summed E-state index contributed by atoms with van der Waals surface area (Å²) in [5, 5.41) is 12.2. The van der Waals surface area contributed by atoms with E-state index in [9.17, 15) is 0 Å². The molecule has 10 rings (SSSR count). The summed E-state index contributed by atoms with van der Waals surface area (Å²) < 4.78 is 0. The molecule has 58 heavy (non-hydrogen) atoms. The predicted octanol–water partition coefficient (Wildman–Crippen LogP) is 16.6. The van der Waals surface area contributed by atoms with Gasteiger partial charge in [0.25, 0.3) is 0 Å². The molecule has 0 radical (unpaired) electrons. The molecule has 0 bridgehead atoms. The van der Waals surface area contributed by atoms with Gasteiger partial charge in [0.15, 0.2) is 0 Å². The number of rotatable bonds is 8. The van der Waals surface area contributed by atoms with Crippen molar-refractivity contribution >= 4 is 88.0 Å². The highest BCUT2D eigenvalue weighted by Crippen LogP contribution is 2.49. The van der Waals surface area contributed by atoms with Crippen LogP contribution in [0.25, 0.3) is 53.9 Å². The maximum absolute atomic E-state index is 2.48. The Morgan fingerprint density at radius 3 is 0.983 bits per heavy atom. The summed E-state index contributed by atoms with van der Waals surface area (Å²) in [6, 6.07) is 72.0. The van der Waals surface area contributed by atoms with Crippen LogP contribution in [0.1, 0.15) is 50.7 Å². The van der Waals surface area contributed by atoms with Crippen LogP contribution >= 0.6 is 0 Å². The molecule has 10 aromatic rings. The van der Waals surface area contributed by atoms with E-state index in [1.54, 1.807) is 0 Å². The zero-order valence-corrected chi connectivity index (χ0v) is 33.5. The van der Waals surface area contributed by atoms with E-state index in [2.05, 4.69) is 232 Å². The van der Waals surface area contributed by atoms with E-state index in [1.807, 2.05) is 0 Å². The molecule has 0 atom stereocenters. The third-order valence-electron chi connectivity index (χ3n) is 12.0. The Hall–Kier alpha value is -6.90. The summed E-state index contributed by atoms with van der Waals surface area (Å²) in [5.74, 6) is 0.896. The summed E-state index contributed by atoms with van der Waals surface area (Å²) >= 11 is 0. The molecular weight excluding hydrogens is 701 g/mol. The number of fused-ring (bicyclic) bond motifs is 7. The Kier molecular flexibility index (Phi) is 8.91. The van der Waals surface area contributed by atoms with E-state index >= 15 is 0 Å². The van der Waals surface area contributed by atoms with Crippen LogP contribution in [0.5, 0.6) is 0 Å². The van der Waals surface area contributed by atoms with Crippen molar-refractivity contribution < 1.29 is 0 Å². The zero-order valence-electron chi connectivity index (χ0n) is 33.5. The van der Waals surface area contributed by atoms with Crippen LogP contribution in [-0.2, 0) is 0 Å². The lowest BCUT2D eigenvalue weighted by atomic mass is 9.92. The predicted molar refractivity (Wildman–Crippen MR) is 252 cm³/mol. The zero-order chi connectivity index (χ0) is 39.3. The van der Waals surface area contributed by atoms with Crippen LogP contribution in [0.15, 0.2) is 194 Å². The first kappa shape index (κ1) is 35.5. The molecule has 0 fully saturated rings. The molecule has 0 aliphatic rings. The Balaban J connectivity index is 1.29. The van der Waals surface area contributed by atoms with Crippen molar-refractivity contribution in [2.24, 2.45) is 0 Å². The Morgan fingerprint density at radius 2 is 0.603 bits per heavy atom. The normalized spacial score (nSPS) is 11.8. The van der Waals surface area contributed by atoms with Gasteiger partial charge in [0.1, 0.15) is 0 Å². The van der Waals surface area contributed by atoms with Crippen LogP contribution in [0.2, 0.25) is 0 Å². The van der Waals surface area contributed by atoms with Gasteiger partial charge in [-0.05, 0) is 104 Å². The van der Waals surface area contributed by atoms with Crippen molar-refractivity contribution in [1.29, 1.82) is 0 Å². The fourth-order valence-corrected chi connectivity index (χ4v) is 8.92. The van der Waals surface area contributed by atoms with Crippen molar-refractivity contribution in [3.63, 3.8) is 0 Å². The van der Waals surface area contributed by atoms with Crippen LogP contribution in [0.3, 0.4) is 0 Å². The lowest BCUT2D eigenvalue weighted by Gasteiger charge is -2.31. The van der Waals surface area contributed by atoms with Crippen molar-refractivity contribution in [2.45, 2.75) is 39.5 Å². The minimum absolute atomic E-state index is 0.448. The maximum atomic E-state index is 2.48. The Morgan fingerprint density at radius 1 is 0.276 bits per heavy atom. The van der Waals surface area contributed by atoms with E-state index in [1.165, 1.54) is 65.0 Å². The van der Waals surface area contributed by atoms with E-state index < -0.39 is 0 Å². The monoisotopic (exact) mass is 746 g/mol. The highest BCUT2D eigenvalue weighted by atomic mass is 15.2. The SMILES string of the molecule is CC(C)c1ccc(N(c2cccc3ccccc23)c2cc3c4ccccc4c(N(c4ccc(C(C)C)cc4)c4cccc5ccccc45)cc3c3ccccc23)cc1. The average Bonchev–Trinajstić information content (AvgIpc) is 3.27. The molecule has 0 unspecified atom stereocenters. The van der Waals surface area contributed by atoms with Gasteiger partial charge in [-0.25, -0.2) is 0 Å². The smallest absolute Gasteiger partial charge is 0.0546 e. The van der Waals surface area contributed by atoms with Crippen molar-refractivity contribution in [3.8, 4) is 0 Å². The number of anilines is 6. The van der Waals surface area contributed by atoms with Gasteiger partial charge < -0.3 is 9.80 Å². The summed E-state index contributed by atoms with van der Waals surface area (Å²) in [4.78, 5) is 4.96. The first-order valence-corrected chi connectivity index (χ1v) is 20.6. The Bertz CT molecular complexity index is 2900. The van der Waals surface area contributed by atoms with E-state index in [0.29, 0.717) is 11.8 Å². The van der Waals surface area contributed by atoms with Gasteiger partial charge in [0.05, 0.1) is 22.7 Å². The van der Waals surface area contributed by atoms with Gasteiger partial charge in [-0.3, -0.25) is 0 Å². The molecule has 0 aliphatic heterocycles. The first-order valence-electron chi connectivity index (χ1n) is 20.6. The molecule has 2 nitrogen and oxygen atoms in total. The second-order valence-corrected chi connectivity index (χ2v) is 16.1. The van der Waals surface area contributed by atoms with Gasteiger partial charge >= 0.3 is 0 Å². The fourth-order valence-electron chi connectivity index (χ4n) is 8.92. The fraction of sp³-hybridized carbons (Fsp3) is 0.107. The summed E-state index contributed by atoms with van der Waals surface area (Å²) in [5.41, 5.74) is 9.57. The maximum Gasteiger partial charge on any atom is 0.0546 e. The topological polar surface area (TPSA) is 6.48 Å². The van der Waals surface area contributed by atoms with Crippen LogP contribution in [0.4, 0.5) is 34.1 Å². The lowest BCUT2D eigenvalue weighted by Crippen LogP contribution is -2.12. The molecular formula is C56H46N2. The Labute approximate surface area is 341 Å². The molecule has 280 valence electrons.